The van der Waals surface area contributed by atoms with Crippen LogP contribution in [0.5, 0.6) is 0 Å². The maximum atomic E-state index is 13.3. The molecule has 0 unspecified atom stereocenters. The Labute approximate surface area is 177 Å². The number of carbonyl (C=O) groups is 2. The molecule has 0 aliphatic heterocycles. The third-order valence-corrected chi connectivity index (χ3v) is 5.63. The lowest BCUT2D eigenvalue weighted by molar-refractivity contribution is -0.150. The van der Waals surface area contributed by atoms with Crippen LogP contribution in [0.2, 0.25) is 0 Å². The van der Waals surface area contributed by atoms with Gasteiger partial charge >= 0.3 is 6.09 Å². The van der Waals surface area contributed by atoms with E-state index in [4.69, 9.17) is 9.47 Å². The molecular formula is C22H33FN2O5. The number of carboxylic acid groups (broad SMARTS) is 1. The standard InChI is InChI=1S/C22H33FN2O5/c1-29-21(30-2)16-25(19-9-4-3-5-10-19)20(26)12-14-24(22(27)28)13-11-17-7-6-8-18(23)15-17/h6-8,15,19,21H,3-5,9-14,16H2,1-2H3,(H,27,28). The van der Waals surface area contributed by atoms with Gasteiger partial charge in [-0.05, 0) is 37.0 Å². The van der Waals surface area contributed by atoms with Crippen molar-refractivity contribution in [2.45, 2.75) is 57.3 Å². The lowest BCUT2D eigenvalue weighted by Gasteiger charge is -2.36. The number of ether oxygens (including phenoxy) is 2. The molecule has 1 saturated carbocycles. The summed E-state index contributed by atoms with van der Waals surface area (Å²) in [5.74, 6) is -0.448. The van der Waals surface area contributed by atoms with Gasteiger partial charge in [0.2, 0.25) is 5.91 Å². The Morgan fingerprint density at radius 2 is 1.87 bits per heavy atom. The fourth-order valence-corrected chi connectivity index (χ4v) is 3.89. The van der Waals surface area contributed by atoms with Gasteiger partial charge in [0, 0.05) is 39.8 Å². The first-order valence-electron chi connectivity index (χ1n) is 10.5. The van der Waals surface area contributed by atoms with Gasteiger partial charge in [-0.3, -0.25) is 4.79 Å². The third kappa shape index (κ3) is 7.57. The van der Waals surface area contributed by atoms with Crippen LogP contribution in [0, 0.1) is 5.82 Å². The van der Waals surface area contributed by atoms with Crippen LogP contribution >= 0.6 is 0 Å². The highest BCUT2D eigenvalue weighted by Gasteiger charge is 2.28. The van der Waals surface area contributed by atoms with Gasteiger partial charge in [0.15, 0.2) is 6.29 Å². The highest BCUT2D eigenvalue weighted by molar-refractivity contribution is 5.77. The van der Waals surface area contributed by atoms with Crippen molar-refractivity contribution in [1.29, 1.82) is 0 Å². The second-order valence-corrected chi connectivity index (χ2v) is 7.64. The van der Waals surface area contributed by atoms with Crippen LogP contribution in [-0.4, -0.2) is 73.1 Å². The molecule has 1 aromatic carbocycles. The number of carbonyl (C=O) groups excluding carboxylic acids is 1. The second kappa shape index (κ2) is 12.5. The fourth-order valence-electron chi connectivity index (χ4n) is 3.89. The molecule has 0 bridgehead atoms. The monoisotopic (exact) mass is 424 g/mol. The first-order valence-corrected chi connectivity index (χ1v) is 10.5. The predicted molar refractivity (Wildman–Crippen MR) is 111 cm³/mol. The minimum Gasteiger partial charge on any atom is -0.465 e. The van der Waals surface area contributed by atoms with Crippen LogP contribution in [0.25, 0.3) is 0 Å². The van der Waals surface area contributed by atoms with Gasteiger partial charge in [0.25, 0.3) is 0 Å². The van der Waals surface area contributed by atoms with E-state index in [0.29, 0.717) is 13.0 Å². The summed E-state index contributed by atoms with van der Waals surface area (Å²) in [5, 5.41) is 9.51. The number of halogens is 1. The van der Waals surface area contributed by atoms with Gasteiger partial charge in [-0.25, -0.2) is 9.18 Å². The van der Waals surface area contributed by atoms with E-state index in [1.54, 1.807) is 17.0 Å². The van der Waals surface area contributed by atoms with Crippen molar-refractivity contribution < 1.29 is 28.6 Å². The van der Waals surface area contributed by atoms with E-state index in [-0.39, 0.29) is 37.3 Å². The number of hydrogen-bond acceptors (Lipinski definition) is 4. The van der Waals surface area contributed by atoms with Crippen LogP contribution in [-0.2, 0) is 20.7 Å². The Hall–Kier alpha value is -2.19. The molecule has 1 N–H and O–H groups in total. The number of rotatable bonds is 11. The molecule has 7 nitrogen and oxygen atoms in total. The van der Waals surface area contributed by atoms with E-state index < -0.39 is 12.4 Å². The maximum absolute atomic E-state index is 13.3. The summed E-state index contributed by atoms with van der Waals surface area (Å²) in [6.45, 7) is 0.623. The predicted octanol–water partition coefficient (Wildman–Crippen LogP) is 3.52. The largest absolute Gasteiger partial charge is 0.465 e. The molecule has 8 heteroatoms. The van der Waals surface area contributed by atoms with Gasteiger partial charge in [-0.2, -0.15) is 0 Å². The molecule has 2 amide bonds. The number of hydrogen-bond donors (Lipinski definition) is 1. The van der Waals surface area contributed by atoms with Gasteiger partial charge in [-0.1, -0.05) is 31.4 Å². The summed E-state index contributed by atoms with van der Waals surface area (Å²) in [4.78, 5) is 27.6. The lowest BCUT2D eigenvalue weighted by atomic mass is 9.94. The van der Waals surface area contributed by atoms with Gasteiger partial charge in [0.1, 0.15) is 5.82 Å². The van der Waals surface area contributed by atoms with Crippen LogP contribution in [0.3, 0.4) is 0 Å². The van der Waals surface area contributed by atoms with Gasteiger partial charge in [-0.15, -0.1) is 0 Å². The van der Waals surface area contributed by atoms with E-state index in [0.717, 1.165) is 31.2 Å². The van der Waals surface area contributed by atoms with Crippen molar-refractivity contribution in [3.05, 3.63) is 35.6 Å². The van der Waals surface area contributed by atoms with Crippen molar-refractivity contribution in [2.75, 3.05) is 33.9 Å². The van der Waals surface area contributed by atoms with Crippen molar-refractivity contribution in [3.8, 4) is 0 Å². The molecule has 0 heterocycles. The zero-order valence-electron chi connectivity index (χ0n) is 17.9. The zero-order chi connectivity index (χ0) is 21.9. The van der Waals surface area contributed by atoms with Crippen molar-refractivity contribution in [3.63, 3.8) is 0 Å². The zero-order valence-corrected chi connectivity index (χ0v) is 17.9. The highest BCUT2D eigenvalue weighted by atomic mass is 19.1. The second-order valence-electron chi connectivity index (χ2n) is 7.64. The molecule has 0 aromatic heterocycles. The van der Waals surface area contributed by atoms with Crippen molar-refractivity contribution in [2.24, 2.45) is 0 Å². The number of nitrogens with zero attached hydrogens (tertiary/aromatic N) is 2. The summed E-state index contributed by atoms with van der Waals surface area (Å²) in [7, 11) is 3.08. The Kier molecular flexibility index (Phi) is 10.0. The summed E-state index contributed by atoms with van der Waals surface area (Å²) >= 11 is 0. The molecule has 0 radical (unpaired) electrons. The Bertz CT molecular complexity index is 677. The number of amides is 2. The van der Waals surface area contributed by atoms with E-state index in [1.165, 1.54) is 37.7 Å². The quantitative estimate of drug-likeness (QED) is 0.550. The molecule has 0 atom stereocenters. The molecular weight excluding hydrogens is 391 g/mol. The molecule has 0 saturated heterocycles. The Balaban J connectivity index is 1.96. The third-order valence-electron chi connectivity index (χ3n) is 5.63. The normalized spacial score (nSPS) is 14.7. The average molecular weight is 425 g/mol. The minimum absolute atomic E-state index is 0.0894. The molecule has 168 valence electrons. The summed E-state index contributed by atoms with van der Waals surface area (Å²) in [6, 6.07) is 6.23. The summed E-state index contributed by atoms with van der Waals surface area (Å²) < 4.78 is 23.9. The van der Waals surface area contributed by atoms with Gasteiger partial charge in [0.05, 0.1) is 6.54 Å². The molecule has 30 heavy (non-hydrogen) atoms. The van der Waals surface area contributed by atoms with E-state index in [1.807, 2.05) is 0 Å². The maximum Gasteiger partial charge on any atom is 0.407 e. The smallest absolute Gasteiger partial charge is 0.407 e. The average Bonchev–Trinajstić information content (AvgIpc) is 2.75. The summed E-state index contributed by atoms with van der Waals surface area (Å²) in [5.41, 5.74) is 0.722. The van der Waals surface area contributed by atoms with Crippen molar-refractivity contribution in [1.82, 2.24) is 9.80 Å². The van der Waals surface area contributed by atoms with E-state index in [9.17, 15) is 19.1 Å². The SMILES string of the molecule is COC(CN(C(=O)CCN(CCc1cccc(F)c1)C(=O)O)C1CCCCC1)OC. The molecule has 1 aliphatic carbocycles. The molecule has 1 aliphatic rings. The Morgan fingerprint density at radius 1 is 1.17 bits per heavy atom. The van der Waals surface area contributed by atoms with Gasteiger partial charge < -0.3 is 24.4 Å². The summed E-state index contributed by atoms with van der Waals surface area (Å²) in [6.07, 6.45) is 4.08. The topological polar surface area (TPSA) is 79.3 Å². The number of benzene rings is 1. The van der Waals surface area contributed by atoms with E-state index >= 15 is 0 Å². The van der Waals surface area contributed by atoms with Crippen LogP contribution in [0.15, 0.2) is 24.3 Å². The molecule has 0 spiro atoms. The fraction of sp³-hybridized carbons (Fsp3) is 0.636. The molecule has 1 aromatic rings. The van der Waals surface area contributed by atoms with E-state index in [2.05, 4.69) is 0 Å². The molecule has 2 rings (SSSR count). The van der Waals surface area contributed by atoms with Crippen LogP contribution < -0.4 is 0 Å². The Morgan fingerprint density at radius 3 is 2.47 bits per heavy atom. The van der Waals surface area contributed by atoms with Crippen LogP contribution in [0.1, 0.15) is 44.1 Å². The lowest BCUT2D eigenvalue weighted by Crippen LogP contribution is -2.47. The molecule has 1 fully saturated rings. The van der Waals surface area contributed by atoms with Crippen molar-refractivity contribution >= 4 is 12.0 Å². The highest BCUT2D eigenvalue weighted by Crippen LogP contribution is 2.24. The van der Waals surface area contributed by atoms with Crippen LogP contribution in [0.4, 0.5) is 9.18 Å². The number of methoxy groups -OCH3 is 2. The first kappa shape index (κ1) is 24.1. The minimum atomic E-state index is -1.09. The first-order chi connectivity index (χ1) is 14.4.